The molecular formula is C42H73N2O6P. The van der Waals surface area contributed by atoms with Crippen molar-refractivity contribution in [1.82, 2.24) is 5.32 Å². The number of nitrogens with one attached hydrogen (secondary N) is 1. The zero-order valence-corrected chi connectivity index (χ0v) is 32.9. The van der Waals surface area contributed by atoms with Gasteiger partial charge in [-0.15, -0.1) is 0 Å². The molecule has 0 fully saturated rings. The first kappa shape index (κ1) is 48.7. The van der Waals surface area contributed by atoms with Gasteiger partial charge in [0.05, 0.1) is 25.4 Å². The topological polar surface area (TPSA) is 131 Å². The van der Waals surface area contributed by atoms with Crippen molar-refractivity contribution >= 4 is 13.7 Å². The predicted molar refractivity (Wildman–Crippen MR) is 216 cm³/mol. The van der Waals surface area contributed by atoms with Crippen molar-refractivity contribution in [2.45, 2.75) is 154 Å². The summed E-state index contributed by atoms with van der Waals surface area (Å²) in [7, 11) is -4.35. The molecule has 0 aliphatic heterocycles. The predicted octanol–water partition coefficient (Wildman–Crippen LogP) is 10.7. The summed E-state index contributed by atoms with van der Waals surface area (Å²) < 4.78 is 22.0. The Morgan fingerprint density at radius 2 is 1.16 bits per heavy atom. The van der Waals surface area contributed by atoms with Crippen LogP contribution in [0.3, 0.4) is 0 Å². The average Bonchev–Trinajstić information content (AvgIpc) is 3.12. The van der Waals surface area contributed by atoms with E-state index in [0.29, 0.717) is 6.42 Å². The molecule has 0 radical (unpaired) electrons. The number of hydrogen-bond donors (Lipinski definition) is 4. The Bertz CT molecular complexity index is 1070. The fraction of sp³-hybridized carbons (Fsp3) is 0.643. The Morgan fingerprint density at radius 1 is 0.667 bits per heavy atom. The smallest absolute Gasteiger partial charge is 0.387 e. The van der Waals surface area contributed by atoms with Crippen LogP contribution in [0.2, 0.25) is 0 Å². The third-order valence-electron chi connectivity index (χ3n) is 7.95. The minimum atomic E-state index is -4.35. The lowest BCUT2D eigenvalue weighted by Gasteiger charge is -2.23. The second-order valence-corrected chi connectivity index (χ2v) is 14.2. The number of nitrogens with two attached hydrogens (primary N) is 1. The number of phosphoric acid groups is 1. The Balaban J connectivity index is 4.21. The Hall–Kier alpha value is -2.32. The van der Waals surface area contributed by atoms with E-state index in [4.69, 9.17) is 14.8 Å². The van der Waals surface area contributed by atoms with Crippen LogP contribution in [0.15, 0.2) is 85.1 Å². The van der Waals surface area contributed by atoms with E-state index in [9.17, 15) is 19.4 Å². The summed E-state index contributed by atoms with van der Waals surface area (Å²) in [5.74, 6) is -0.223. The number of unbranched alkanes of at least 4 members (excludes halogenated alkanes) is 11. The standard InChI is InChI=1S/C42H73N2O6P/c1-3-5-7-9-11-13-14-15-16-17-18-19-20-21-22-23-24-25-26-28-30-32-34-36-42(46)44-40(39-50-51(47,48)49-38-37-43)41(45)35-33-31-29-27-12-10-8-6-4-2/h5,7,11-13,15-16,18-19,21-22,27,33,35,40-41,45H,3-4,6,8-10,14,17,20,23-26,28-32,34,36-39,43H2,1-2H3,(H,44,46)(H,47,48)/b7-5-,13-11-,16-15-,19-18-,22-21-,27-12+,35-33+. The molecule has 8 nitrogen and oxygen atoms in total. The van der Waals surface area contributed by atoms with Crippen molar-refractivity contribution in [3.63, 3.8) is 0 Å². The van der Waals surface area contributed by atoms with Crippen LogP contribution in [0.1, 0.15) is 142 Å². The fourth-order valence-corrected chi connectivity index (χ4v) is 5.75. The van der Waals surface area contributed by atoms with Crippen LogP contribution in [0.4, 0.5) is 0 Å². The van der Waals surface area contributed by atoms with Crippen LogP contribution in [-0.2, 0) is 18.4 Å². The lowest BCUT2D eigenvalue weighted by molar-refractivity contribution is -0.123. The molecule has 0 bridgehead atoms. The normalized spacial score (nSPS) is 15.2. The van der Waals surface area contributed by atoms with Gasteiger partial charge in [0, 0.05) is 13.0 Å². The van der Waals surface area contributed by atoms with E-state index in [-0.39, 0.29) is 25.7 Å². The second kappa shape index (κ2) is 37.4. The lowest BCUT2D eigenvalue weighted by atomic mass is 10.1. The molecule has 3 atom stereocenters. The number of rotatable bonds is 35. The van der Waals surface area contributed by atoms with Crippen LogP contribution in [0.25, 0.3) is 0 Å². The minimum Gasteiger partial charge on any atom is -0.387 e. The Labute approximate surface area is 311 Å². The monoisotopic (exact) mass is 733 g/mol. The summed E-state index contributed by atoms with van der Waals surface area (Å²) in [6.07, 6.45) is 49.3. The highest BCUT2D eigenvalue weighted by molar-refractivity contribution is 7.47. The molecule has 0 rings (SSSR count). The molecule has 292 valence electrons. The summed E-state index contributed by atoms with van der Waals surface area (Å²) in [4.78, 5) is 22.6. The van der Waals surface area contributed by atoms with Crippen LogP contribution in [-0.4, -0.2) is 47.8 Å². The first-order chi connectivity index (χ1) is 24.9. The zero-order valence-electron chi connectivity index (χ0n) is 32.1. The molecule has 51 heavy (non-hydrogen) atoms. The first-order valence-electron chi connectivity index (χ1n) is 19.7. The van der Waals surface area contributed by atoms with Gasteiger partial charge in [-0.1, -0.05) is 144 Å². The SMILES string of the molecule is CC/C=C\C/C=C\C/C=C\C/C=C\C/C=C\CCCCCCCCCC(=O)NC(COP(=O)(O)OCCN)C(O)/C=C/CC/C=C/CCCCC. The van der Waals surface area contributed by atoms with Crippen molar-refractivity contribution < 1.29 is 28.4 Å². The maximum atomic E-state index is 12.7. The Kier molecular flexibility index (Phi) is 35.7. The first-order valence-corrected chi connectivity index (χ1v) is 21.2. The largest absolute Gasteiger partial charge is 0.472 e. The highest BCUT2D eigenvalue weighted by atomic mass is 31.2. The summed E-state index contributed by atoms with van der Waals surface area (Å²) in [5.41, 5.74) is 5.34. The number of aliphatic hydroxyl groups excluding tert-OH is 1. The summed E-state index contributed by atoms with van der Waals surface area (Å²) in [6, 6.07) is -0.886. The van der Waals surface area contributed by atoms with E-state index >= 15 is 0 Å². The van der Waals surface area contributed by atoms with E-state index in [0.717, 1.165) is 83.5 Å². The molecule has 0 spiro atoms. The Morgan fingerprint density at radius 3 is 1.75 bits per heavy atom. The third-order valence-corrected chi connectivity index (χ3v) is 8.94. The third kappa shape index (κ3) is 35.9. The van der Waals surface area contributed by atoms with Crippen LogP contribution in [0, 0.1) is 0 Å². The number of phosphoric ester groups is 1. The number of carbonyl (C=O) groups excluding carboxylic acids is 1. The van der Waals surface area contributed by atoms with E-state index in [1.54, 1.807) is 6.08 Å². The van der Waals surface area contributed by atoms with Gasteiger partial charge in [-0.2, -0.15) is 0 Å². The van der Waals surface area contributed by atoms with E-state index in [1.807, 2.05) is 6.08 Å². The van der Waals surface area contributed by atoms with Crippen molar-refractivity contribution in [2.24, 2.45) is 5.73 Å². The van der Waals surface area contributed by atoms with E-state index in [1.165, 1.54) is 38.5 Å². The van der Waals surface area contributed by atoms with Crippen molar-refractivity contribution in [2.75, 3.05) is 19.8 Å². The lowest BCUT2D eigenvalue weighted by Crippen LogP contribution is -2.45. The molecule has 1 amide bonds. The van der Waals surface area contributed by atoms with Crippen LogP contribution >= 0.6 is 7.82 Å². The van der Waals surface area contributed by atoms with Gasteiger partial charge >= 0.3 is 7.82 Å². The number of allylic oxidation sites excluding steroid dienone is 13. The molecule has 9 heteroatoms. The quantitative estimate of drug-likeness (QED) is 0.0290. The molecular weight excluding hydrogens is 659 g/mol. The molecule has 0 saturated carbocycles. The van der Waals surface area contributed by atoms with Crippen molar-refractivity contribution in [3.05, 3.63) is 85.1 Å². The second-order valence-electron chi connectivity index (χ2n) is 12.7. The molecule has 5 N–H and O–H groups in total. The molecule has 3 unspecified atom stereocenters. The summed E-state index contributed by atoms with van der Waals surface area (Å²) in [6.45, 7) is 3.90. The van der Waals surface area contributed by atoms with Crippen LogP contribution in [0.5, 0.6) is 0 Å². The van der Waals surface area contributed by atoms with Crippen LogP contribution < -0.4 is 11.1 Å². The molecule has 0 saturated heterocycles. The van der Waals surface area contributed by atoms with Gasteiger partial charge in [-0.25, -0.2) is 4.57 Å². The fourth-order valence-electron chi connectivity index (χ4n) is 4.99. The molecule has 0 aromatic carbocycles. The zero-order chi connectivity index (χ0) is 37.5. The highest BCUT2D eigenvalue weighted by Gasteiger charge is 2.26. The average molecular weight is 733 g/mol. The van der Waals surface area contributed by atoms with Gasteiger partial charge in [-0.3, -0.25) is 13.8 Å². The van der Waals surface area contributed by atoms with Crippen molar-refractivity contribution in [3.8, 4) is 0 Å². The van der Waals surface area contributed by atoms with Gasteiger partial charge in [0.1, 0.15) is 0 Å². The van der Waals surface area contributed by atoms with Crippen molar-refractivity contribution in [1.29, 1.82) is 0 Å². The summed E-state index contributed by atoms with van der Waals surface area (Å²) >= 11 is 0. The minimum absolute atomic E-state index is 0.0671. The number of hydrogen-bond acceptors (Lipinski definition) is 6. The number of carbonyl (C=O) groups is 1. The molecule has 0 aromatic heterocycles. The van der Waals surface area contributed by atoms with E-state index in [2.05, 4.69) is 92.1 Å². The molecule has 0 aliphatic rings. The molecule has 0 aliphatic carbocycles. The molecule has 0 heterocycles. The maximum absolute atomic E-state index is 12.7. The number of aliphatic hydroxyl groups is 1. The number of amides is 1. The van der Waals surface area contributed by atoms with Gasteiger partial charge in [0.25, 0.3) is 0 Å². The van der Waals surface area contributed by atoms with E-state index < -0.39 is 20.0 Å². The van der Waals surface area contributed by atoms with Gasteiger partial charge in [-0.05, 0) is 77.0 Å². The molecule has 0 aromatic rings. The summed E-state index contributed by atoms with van der Waals surface area (Å²) in [5, 5.41) is 13.5. The van der Waals surface area contributed by atoms with Gasteiger partial charge in [0.15, 0.2) is 0 Å². The van der Waals surface area contributed by atoms with Gasteiger partial charge in [0.2, 0.25) is 5.91 Å². The highest BCUT2D eigenvalue weighted by Crippen LogP contribution is 2.43. The maximum Gasteiger partial charge on any atom is 0.472 e. The van der Waals surface area contributed by atoms with Gasteiger partial charge < -0.3 is 21.1 Å².